The largest absolute Gasteiger partial charge is 0.326 e. The number of amides is 3. The molecule has 0 radical (unpaired) electrons. The zero-order valence-corrected chi connectivity index (χ0v) is 10.3. The summed E-state index contributed by atoms with van der Waals surface area (Å²) in [6.45, 7) is 0.377. The first-order valence-corrected chi connectivity index (χ1v) is 6.03. The quantitative estimate of drug-likeness (QED) is 0.532. The van der Waals surface area contributed by atoms with Crippen molar-refractivity contribution in [3.63, 3.8) is 0 Å². The van der Waals surface area contributed by atoms with Gasteiger partial charge in [0.1, 0.15) is 5.92 Å². The summed E-state index contributed by atoms with van der Waals surface area (Å²) in [4.78, 5) is 34.5. The fourth-order valence-corrected chi connectivity index (χ4v) is 1.95. The van der Waals surface area contributed by atoms with E-state index in [1.165, 1.54) is 0 Å². The number of carbonyl (C=O) groups excluding carboxylic acids is 3. The number of piperidine rings is 1. The molecule has 19 heavy (non-hydrogen) atoms. The monoisotopic (exact) mass is 261 g/mol. The zero-order chi connectivity index (χ0) is 13.8. The van der Waals surface area contributed by atoms with Gasteiger partial charge in [-0.15, -0.1) is 0 Å². The van der Waals surface area contributed by atoms with E-state index < -0.39 is 17.7 Å². The molecule has 1 fully saturated rings. The van der Waals surface area contributed by atoms with Crippen LogP contribution in [0.15, 0.2) is 24.3 Å². The molecule has 1 saturated heterocycles. The molecule has 2 rings (SSSR count). The number of carbonyl (C=O) groups is 3. The Kier molecular flexibility index (Phi) is 3.91. The molecule has 1 aromatic rings. The molecule has 0 aromatic heterocycles. The van der Waals surface area contributed by atoms with Crippen molar-refractivity contribution in [1.82, 2.24) is 5.32 Å². The van der Waals surface area contributed by atoms with E-state index in [2.05, 4.69) is 10.6 Å². The molecule has 0 spiro atoms. The molecule has 0 bridgehead atoms. The van der Waals surface area contributed by atoms with E-state index >= 15 is 0 Å². The second kappa shape index (κ2) is 5.62. The van der Waals surface area contributed by atoms with Crippen molar-refractivity contribution in [3.8, 4) is 0 Å². The van der Waals surface area contributed by atoms with Gasteiger partial charge in [0, 0.05) is 18.7 Å². The average Bonchev–Trinajstić information content (AvgIpc) is 2.38. The van der Waals surface area contributed by atoms with Gasteiger partial charge in [-0.05, 0) is 24.1 Å². The minimum atomic E-state index is -0.820. The van der Waals surface area contributed by atoms with E-state index in [-0.39, 0.29) is 18.7 Å². The summed E-state index contributed by atoms with van der Waals surface area (Å²) in [6, 6.07) is 7.11. The van der Waals surface area contributed by atoms with Crippen LogP contribution in [0.2, 0.25) is 0 Å². The summed E-state index contributed by atoms with van der Waals surface area (Å²) in [7, 11) is 0. The maximum Gasteiger partial charge on any atom is 0.239 e. The Morgan fingerprint density at radius 2 is 2.21 bits per heavy atom. The lowest BCUT2D eigenvalue weighted by Gasteiger charge is -2.20. The topological polar surface area (TPSA) is 101 Å². The fourth-order valence-electron chi connectivity index (χ4n) is 1.95. The van der Waals surface area contributed by atoms with Crippen LogP contribution in [0.3, 0.4) is 0 Å². The lowest BCUT2D eigenvalue weighted by atomic mass is 9.97. The first kappa shape index (κ1) is 13.2. The number of hydrogen-bond donors (Lipinski definition) is 3. The molecular formula is C13H15N3O3. The second-order valence-electron chi connectivity index (χ2n) is 4.40. The molecule has 1 aliphatic rings. The lowest BCUT2D eigenvalue weighted by molar-refractivity contribution is -0.139. The van der Waals surface area contributed by atoms with Crippen molar-refractivity contribution < 1.29 is 14.4 Å². The molecule has 100 valence electrons. The Bertz CT molecular complexity index is 528. The number of rotatable bonds is 3. The number of nitrogens with one attached hydrogen (secondary N) is 2. The number of imide groups is 1. The highest BCUT2D eigenvalue weighted by atomic mass is 16.2. The van der Waals surface area contributed by atoms with Gasteiger partial charge in [-0.3, -0.25) is 19.7 Å². The molecule has 1 heterocycles. The Balaban J connectivity index is 2.04. The molecule has 1 unspecified atom stereocenters. The maximum absolute atomic E-state index is 12.0. The molecule has 1 atom stereocenters. The van der Waals surface area contributed by atoms with E-state index in [4.69, 9.17) is 5.73 Å². The predicted molar refractivity (Wildman–Crippen MR) is 68.8 cm³/mol. The highest BCUT2D eigenvalue weighted by molar-refractivity contribution is 6.12. The highest BCUT2D eigenvalue weighted by Crippen LogP contribution is 2.16. The number of benzene rings is 1. The summed E-state index contributed by atoms with van der Waals surface area (Å²) in [5.41, 5.74) is 7.00. The van der Waals surface area contributed by atoms with Gasteiger partial charge < -0.3 is 11.1 Å². The third-order valence-corrected chi connectivity index (χ3v) is 2.99. The minimum Gasteiger partial charge on any atom is -0.326 e. The third kappa shape index (κ3) is 3.17. The van der Waals surface area contributed by atoms with E-state index in [9.17, 15) is 14.4 Å². The molecule has 0 aliphatic carbocycles. The van der Waals surface area contributed by atoms with Gasteiger partial charge in [0.2, 0.25) is 17.7 Å². The van der Waals surface area contributed by atoms with Crippen LogP contribution in [0.1, 0.15) is 18.4 Å². The van der Waals surface area contributed by atoms with Gasteiger partial charge in [-0.2, -0.15) is 0 Å². The number of anilines is 1. The molecule has 3 amide bonds. The Morgan fingerprint density at radius 1 is 1.42 bits per heavy atom. The van der Waals surface area contributed by atoms with Gasteiger partial charge in [0.15, 0.2) is 0 Å². The van der Waals surface area contributed by atoms with Crippen LogP contribution in [0.25, 0.3) is 0 Å². The van der Waals surface area contributed by atoms with Crippen LogP contribution in [-0.4, -0.2) is 17.7 Å². The summed E-state index contributed by atoms with van der Waals surface area (Å²) in [6.07, 6.45) is 0.430. The van der Waals surface area contributed by atoms with Crippen molar-refractivity contribution in [1.29, 1.82) is 0 Å². The summed E-state index contributed by atoms with van der Waals surface area (Å²) < 4.78 is 0. The first-order valence-electron chi connectivity index (χ1n) is 6.03. The van der Waals surface area contributed by atoms with Gasteiger partial charge in [0.05, 0.1) is 0 Å². The molecule has 6 nitrogen and oxygen atoms in total. The average molecular weight is 261 g/mol. The molecule has 1 aliphatic heterocycles. The van der Waals surface area contributed by atoms with Gasteiger partial charge >= 0.3 is 0 Å². The Labute approximate surface area is 110 Å². The van der Waals surface area contributed by atoms with Gasteiger partial charge in [-0.25, -0.2) is 0 Å². The highest BCUT2D eigenvalue weighted by Gasteiger charge is 2.32. The van der Waals surface area contributed by atoms with E-state index in [1.54, 1.807) is 18.2 Å². The number of hydrogen-bond acceptors (Lipinski definition) is 4. The van der Waals surface area contributed by atoms with E-state index in [0.29, 0.717) is 12.2 Å². The van der Waals surface area contributed by atoms with E-state index in [1.807, 2.05) is 6.07 Å². The predicted octanol–water partition coefficient (Wildman–Crippen LogP) is 0.137. The smallest absolute Gasteiger partial charge is 0.239 e. The van der Waals surface area contributed by atoms with Crippen LogP contribution in [0, 0.1) is 5.92 Å². The second-order valence-corrected chi connectivity index (χ2v) is 4.40. The van der Waals surface area contributed by atoms with Crippen LogP contribution < -0.4 is 16.4 Å². The Morgan fingerprint density at radius 3 is 2.89 bits per heavy atom. The molecule has 4 N–H and O–H groups in total. The SMILES string of the molecule is NCc1cccc(NC(=O)C2CCC(=O)NC2=O)c1. The van der Waals surface area contributed by atoms with Crippen molar-refractivity contribution in [2.75, 3.05) is 5.32 Å². The standard InChI is InChI=1S/C13H15N3O3/c14-7-8-2-1-3-9(6-8)15-12(18)10-4-5-11(17)16-13(10)19/h1-3,6,10H,4-5,7,14H2,(H,15,18)(H,16,17,19). The summed E-state index contributed by atoms with van der Waals surface area (Å²) in [5.74, 6) is -2.10. The Hall–Kier alpha value is -2.21. The van der Waals surface area contributed by atoms with Gasteiger partial charge in [-0.1, -0.05) is 12.1 Å². The van der Waals surface area contributed by atoms with Crippen molar-refractivity contribution in [2.45, 2.75) is 19.4 Å². The lowest BCUT2D eigenvalue weighted by Crippen LogP contribution is -2.45. The molecular weight excluding hydrogens is 246 g/mol. The van der Waals surface area contributed by atoms with Crippen molar-refractivity contribution in [2.24, 2.45) is 11.7 Å². The van der Waals surface area contributed by atoms with Crippen LogP contribution >= 0.6 is 0 Å². The zero-order valence-electron chi connectivity index (χ0n) is 10.3. The third-order valence-electron chi connectivity index (χ3n) is 2.99. The van der Waals surface area contributed by atoms with Crippen LogP contribution in [0.4, 0.5) is 5.69 Å². The normalized spacial score (nSPS) is 18.9. The van der Waals surface area contributed by atoms with E-state index in [0.717, 1.165) is 5.56 Å². The van der Waals surface area contributed by atoms with Crippen molar-refractivity contribution >= 4 is 23.4 Å². The van der Waals surface area contributed by atoms with Crippen molar-refractivity contribution in [3.05, 3.63) is 29.8 Å². The number of nitrogens with two attached hydrogens (primary N) is 1. The van der Waals surface area contributed by atoms with Crippen LogP contribution in [0.5, 0.6) is 0 Å². The molecule has 6 heteroatoms. The molecule has 1 aromatic carbocycles. The van der Waals surface area contributed by atoms with Crippen LogP contribution in [-0.2, 0) is 20.9 Å². The minimum absolute atomic E-state index is 0.187. The fraction of sp³-hybridized carbons (Fsp3) is 0.308. The van der Waals surface area contributed by atoms with Gasteiger partial charge in [0.25, 0.3) is 0 Å². The summed E-state index contributed by atoms with van der Waals surface area (Å²) >= 11 is 0. The summed E-state index contributed by atoms with van der Waals surface area (Å²) in [5, 5.41) is 4.82. The molecule has 0 saturated carbocycles. The first-order chi connectivity index (χ1) is 9.10. The maximum atomic E-state index is 12.0.